The van der Waals surface area contributed by atoms with Crippen LogP contribution < -0.4 is 10.1 Å². The average Bonchev–Trinajstić information content (AvgIpc) is 3.41. The summed E-state index contributed by atoms with van der Waals surface area (Å²) >= 11 is 0. The first-order valence-electron chi connectivity index (χ1n) is 10.1. The van der Waals surface area contributed by atoms with E-state index in [9.17, 15) is 13.2 Å². The van der Waals surface area contributed by atoms with Gasteiger partial charge < -0.3 is 10.1 Å². The van der Waals surface area contributed by atoms with E-state index >= 15 is 0 Å². The van der Waals surface area contributed by atoms with Gasteiger partial charge >= 0.3 is 0 Å². The van der Waals surface area contributed by atoms with Crippen molar-refractivity contribution in [3.05, 3.63) is 78.2 Å². The number of amides is 1. The lowest BCUT2D eigenvalue weighted by atomic mass is 10.0. The van der Waals surface area contributed by atoms with Crippen LogP contribution in [0.2, 0.25) is 0 Å². The molecule has 5 rings (SSSR count). The first-order chi connectivity index (χ1) is 15.4. The van der Waals surface area contributed by atoms with E-state index in [2.05, 4.69) is 15.4 Å². The summed E-state index contributed by atoms with van der Waals surface area (Å²) in [6, 6.07) is 14.4. The van der Waals surface area contributed by atoms with Gasteiger partial charge in [0.1, 0.15) is 17.4 Å². The summed E-state index contributed by atoms with van der Waals surface area (Å²) in [6.07, 6.45) is 6.50. The largest absolute Gasteiger partial charge is 0.487 e. The molecule has 0 spiro atoms. The third-order valence-electron chi connectivity index (χ3n) is 5.44. The molecule has 1 aliphatic heterocycles. The number of fused-ring (bicyclic) bond motifs is 2. The number of hydrogen-bond donors (Lipinski definition) is 1. The summed E-state index contributed by atoms with van der Waals surface area (Å²) < 4.78 is 31.2. The molecule has 3 heterocycles. The molecule has 1 amide bonds. The number of para-hydroxylation sites is 1. The van der Waals surface area contributed by atoms with Crippen molar-refractivity contribution in [3.8, 4) is 16.9 Å². The molecular formula is C23H20N4O4S. The number of nitrogens with one attached hydrogen (secondary N) is 1. The number of sulfone groups is 1. The van der Waals surface area contributed by atoms with Gasteiger partial charge in [0.15, 0.2) is 15.5 Å². The van der Waals surface area contributed by atoms with Gasteiger partial charge in [-0.3, -0.25) is 4.79 Å². The van der Waals surface area contributed by atoms with E-state index in [0.717, 1.165) is 22.4 Å². The predicted octanol–water partition coefficient (Wildman–Crippen LogP) is 2.53. The van der Waals surface area contributed by atoms with Crippen LogP contribution in [-0.4, -0.2) is 47.8 Å². The van der Waals surface area contributed by atoms with Crippen molar-refractivity contribution < 1.29 is 17.9 Å². The fraction of sp³-hybridized carbons (Fsp3) is 0.174. The Kier molecular flexibility index (Phi) is 4.90. The SMILES string of the molecule is CS(=O)(=O)c1ccc(-c2cccc3c2OC(CNC(=O)c2cnn4cccnc24)C3)cc1. The molecule has 0 saturated heterocycles. The molecule has 0 aliphatic carbocycles. The minimum atomic E-state index is -3.25. The summed E-state index contributed by atoms with van der Waals surface area (Å²) in [5.74, 6) is 0.506. The number of nitrogens with zero attached hydrogens (tertiary/aromatic N) is 3. The lowest BCUT2D eigenvalue weighted by Gasteiger charge is -2.13. The molecule has 2 aromatic carbocycles. The highest BCUT2D eigenvalue weighted by atomic mass is 32.2. The van der Waals surface area contributed by atoms with Gasteiger partial charge in [0.05, 0.1) is 17.6 Å². The molecule has 2 aromatic heterocycles. The van der Waals surface area contributed by atoms with Crippen molar-refractivity contribution in [1.82, 2.24) is 19.9 Å². The number of carbonyl (C=O) groups is 1. The third-order valence-corrected chi connectivity index (χ3v) is 6.56. The zero-order valence-electron chi connectivity index (χ0n) is 17.2. The molecule has 1 aliphatic rings. The minimum Gasteiger partial charge on any atom is -0.487 e. The Morgan fingerprint density at radius 2 is 2.00 bits per heavy atom. The molecule has 8 nitrogen and oxygen atoms in total. The highest BCUT2D eigenvalue weighted by Crippen LogP contribution is 2.38. The molecule has 0 saturated carbocycles. The second-order valence-corrected chi connectivity index (χ2v) is 9.71. The molecule has 0 bridgehead atoms. The van der Waals surface area contributed by atoms with Crippen LogP contribution in [0.25, 0.3) is 16.8 Å². The smallest absolute Gasteiger partial charge is 0.256 e. The molecular weight excluding hydrogens is 428 g/mol. The van der Waals surface area contributed by atoms with Gasteiger partial charge in [0, 0.05) is 30.6 Å². The highest BCUT2D eigenvalue weighted by Gasteiger charge is 2.26. The molecule has 9 heteroatoms. The summed E-state index contributed by atoms with van der Waals surface area (Å²) in [4.78, 5) is 17.1. The fourth-order valence-electron chi connectivity index (χ4n) is 3.85. The van der Waals surface area contributed by atoms with Crippen LogP contribution in [0.1, 0.15) is 15.9 Å². The molecule has 4 aromatic rings. The molecule has 1 N–H and O–H groups in total. The molecule has 162 valence electrons. The van der Waals surface area contributed by atoms with Crippen molar-refractivity contribution in [2.75, 3.05) is 12.8 Å². The molecule has 1 unspecified atom stereocenters. The maximum atomic E-state index is 12.6. The van der Waals surface area contributed by atoms with Crippen LogP contribution >= 0.6 is 0 Å². The Morgan fingerprint density at radius 1 is 1.19 bits per heavy atom. The number of hydrogen-bond acceptors (Lipinski definition) is 6. The van der Waals surface area contributed by atoms with E-state index in [1.54, 1.807) is 47.2 Å². The highest BCUT2D eigenvalue weighted by molar-refractivity contribution is 7.90. The summed E-state index contributed by atoms with van der Waals surface area (Å²) in [5, 5.41) is 7.06. The van der Waals surface area contributed by atoms with Gasteiger partial charge in [-0.05, 0) is 29.3 Å². The standard InChI is InChI=1S/C23H20N4O4S/c1-32(29,30)18-8-6-15(7-9-18)19-5-2-4-16-12-17(31-21(16)19)13-25-23(28)20-14-26-27-11-3-10-24-22(20)27/h2-11,14,17H,12-13H2,1H3,(H,25,28). The summed E-state index contributed by atoms with van der Waals surface area (Å²) in [5.41, 5.74) is 3.72. The van der Waals surface area contributed by atoms with Gasteiger partial charge in [-0.2, -0.15) is 5.10 Å². The van der Waals surface area contributed by atoms with E-state index < -0.39 is 9.84 Å². The Balaban J connectivity index is 1.31. The third kappa shape index (κ3) is 3.71. The monoisotopic (exact) mass is 448 g/mol. The van der Waals surface area contributed by atoms with Crippen LogP contribution in [-0.2, 0) is 16.3 Å². The number of carbonyl (C=O) groups excluding carboxylic acids is 1. The lowest BCUT2D eigenvalue weighted by molar-refractivity contribution is 0.0935. The van der Waals surface area contributed by atoms with E-state index in [1.807, 2.05) is 18.2 Å². The number of aromatic nitrogens is 3. The van der Waals surface area contributed by atoms with E-state index in [4.69, 9.17) is 4.74 Å². The van der Waals surface area contributed by atoms with Crippen molar-refractivity contribution in [1.29, 1.82) is 0 Å². The van der Waals surface area contributed by atoms with Gasteiger partial charge in [0.2, 0.25) is 0 Å². The van der Waals surface area contributed by atoms with Gasteiger partial charge in [-0.1, -0.05) is 30.3 Å². The number of ether oxygens (including phenoxy) is 1. The second kappa shape index (κ2) is 7.76. The molecule has 1 atom stereocenters. The van der Waals surface area contributed by atoms with E-state index in [1.165, 1.54) is 12.5 Å². The Hall–Kier alpha value is -3.72. The van der Waals surface area contributed by atoms with E-state index in [0.29, 0.717) is 24.2 Å². The van der Waals surface area contributed by atoms with Crippen molar-refractivity contribution in [2.24, 2.45) is 0 Å². The first-order valence-corrected chi connectivity index (χ1v) is 11.9. The molecule has 0 fully saturated rings. The topological polar surface area (TPSA) is 103 Å². The summed E-state index contributed by atoms with van der Waals surface area (Å²) in [6.45, 7) is 0.337. The minimum absolute atomic E-state index is 0.208. The van der Waals surface area contributed by atoms with Gasteiger partial charge in [0.25, 0.3) is 5.91 Å². The zero-order chi connectivity index (χ0) is 22.3. The van der Waals surface area contributed by atoms with Crippen LogP contribution in [0.5, 0.6) is 5.75 Å². The quantitative estimate of drug-likeness (QED) is 0.503. The van der Waals surface area contributed by atoms with E-state index in [-0.39, 0.29) is 16.9 Å². The second-order valence-electron chi connectivity index (χ2n) is 7.69. The summed E-state index contributed by atoms with van der Waals surface area (Å²) in [7, 11) is -3.25. The van der Waals surface area contributed by atoms with Crippen molar-refractivity contribution in [2.45, 2.75) is 17.4 Å². The normalized spacial score (nSPS) is 15.3. The first kappa shape index (κ1) is 20.2. The number of rotatable bonds is 5. The van der Waals surface area contributed by atoms with Crippen LogP contribution in [0.4, 0.5) is 0 Å². The predicted molar refractivity (Wildman–Crippen MR) is 118 cm³/mol. The number of benzene rings is 2. The lowest BCUT2D eigenvalue weighted by Crippen LogP contribution is -2.34. The van der Waals surface area contributed by atoms with Crippen LogP contribution in [0, 0.1) is 0 Å². The van der Waals surface area contributed by atoms with Crippen LogP contribution in [0.3, 0.4) is 0 Å². The van der Waals surface area contributed by atoms with Gasteiger partial charge in [-0.15, -0.1) is 0 Å². The zero-order valence-corrected chi connectivity index (χ0v) is 18.0. The maximum absolute atomic E-state index is 12.6. The Labute approximate surface area is 184 Å². The van der Waals surface area contributed by atoms with Gasteiger partial charge in [-0.25, -0.2) is 17.9 Å². The van der Waals surface area contributed by atoms with Crippen LogP contribution in [0.15, 0.2) is 72.0 Å². The maximum Gasteiger partial charge on any atom is 0.256 e. The molecule has 32 heavy (non-hydrogen) atoms. The average molecular weight is 449 g/mol. The molecule has 0 radical (unpaired) electrons. The van der Waals surface area contributed by atoms with Crippen molar-refractivity contribution in [3.63, 3.8) is 0 Å². The fourth-order valence-corrected chi connectivity index (χ4v) is 4.48. The Morgan fingerprint density at radius 3 is 2.78 bits per heavy atom. The Bertz CT molecular complexity index is 1430. The van der Waals surface area contributed by atoms with Crippen molar-refractivity contribution >= 4 is 21.4 Å².